The minimum absolute atomic E-state index is 0.238. The first kappa shape index (κ1) is 13.2. The Morgan fingerprint density at radius 1 is 1.17 bits per heavy atom. The summed E-state index contributed by atoms with van der Waals surface area (Å²) in [5.74, 6) is -0.297. The molecule has 2 rings (SSSR count). The second-order valence-electron chi connectivity index (χ2n) is 4.55. The fraction of sp³-hybridized carbons (Fsp3) is 0.200. The van der Waals surface area contributed by atoms with Gasteiger partial charge in [-0.3, -0.25) is 0 Å². The van der Waals surface area contributed by atoms with Crippen LogP contribution in [0.1, 0.15) is 18.1 Å². The summed E-state index contributed by atoms with van der Waals surface area (Å²) in [6, 6.07) is 14.1. The van der Waals surface area contributed by atoms with Crippen LogP contribution in [0, 0.1) is 5.82 Å². The maximum atomic E-state index is 13.7. The molecule has 0 aliphatic rings. The topological polar surface area (TPSA) is 20.2 Å². The second-order valence-corrected chi connectivity index (χ2v) is 5.47. The van der Waals surface area contributed by atoms with Gasteiger partial charge < -0.3 is 5.11 Å². The van der Waals surface area contributed by atoms with Crippen LogP contribution in [-0.4, -0.2) is 5.11 Å². The van der Waals surface area contributed by atoms with Crippen LogP contribution in [0.25, 0.3) is 0 Å². The van der Waals surface area contributed by atoms with E-state index in [1.165, 1.54) is 6.07 Å². The van der Waals surface area contributed by atoms with Gasteiger partial charge in [0.2, 0.25) is 0 Å². The molecule has 0 heterocycles. The van der Waals surface area contributed by atoms with Crippen LogP contribution in [0.5, 0.6) is 0 Å². The predicted octanol–water partition coefficient (Wildman–Crippen LogP) is 4.04. The first-order valence-corrected chi connectivity index (χ1v) is 6.50. The van der Waals surface area contributed by atoms with Crippen molar-refractivity contribution in [2.24, 2.45) is 0 Å². The highest BCUT2D eigenvalue weighted by atomic mass is 79.9. The summed E-state index contributed by atoms with van der Waals surface area (Å²) in [7, 11) is 0. The van der Waals surface area contributed by atoms with E-state index < -0.39 is 5.60 Å². The zero-order valence-corrected chi connectivity index (χ0v) is 11.6. The third kappa shape index (κ3) is 2.98. The Hall–Kier alpha value is -1.19. The lowest BCUT2D eigenvalue weighted by molar-refractivity contribution is 0.0567. The van der Waals surface area contributed by atoms with E-state index in [4.69, 9.17) is 0 Å². The van der Waals surface area contributed by atoms with Crippen molar-refractivity contribution in [3.63, 3.8) is 0 Å². The lowest BCUT2D eigenvalue weighted by atomic mass is 9.89. The molecule has 2 aromatic rings. The van der Waals surface area contributed by atoms with E-state index in [0.29, 0.717) is 5.56 Å². The molecule has 0 saturated heterocycles. The maximum absolute atomic E-state index is 13.7. The predicted molar refractivity (Wildman–Crippen MR) is 73.8 cm³/mol. The Morgan fingerprint density at radius 3 is 2.50 bits per heavy atom. The number of hydrogen-bond acceptors (Lipinski definition) is 1. The average Bonchev–Trinajstić information content (AvgIpc) is 2.35. The SMILES string of the molecule is CC(O)(Cc1cc(Br)ccc1F)c1ccccc1. The molecule has 1 N–H and O–H groups in total. The molecule has 0 amide bonds. The molecule has 0 saturated carbocycles. The summed E-state index contributed by atoms with van der Waals surface area (Å²) in [5, 5.41) is 10.5. The van der Waals surface area contributed by atoms with E-state index in [-0.39, 0.29) is 12.2 Å². The van der Waals surface area contributed by atoms with E-state index in [1.807, 2.05) is 30.3 Å². The van der Waals surface area contributed by atoms with Crippen LogP contribution in [0.4, 0.5) is 4.39 Å². The molecule has 0 aromatic heterocycles. The van der Waals surface area contributed by atoms with Crippen molar-refractivity contribution in [3.05, 3.63) is 69.9 Å². The number of rotatable bonds is 3. The number of halogens is 2. The van der Waals surface area contributed by atoms with Crippen molar-refractivity contribution in [1.82, 2.24) is 0 Å². The molecule has 0 radical (unpaired) electrons. The van der Waals surface area contributed by atoms with Gasteiger partial charge in [-0.1, -0.05) is 46.3 Å². The van der Waals surface area contributed by atoms with E-state index in [1.54, 1.807) is 19.1 Å². The summed E-state index contributed by atoms with van der Waals surface area (Å²) in [6.07, 6.45) is 0.238. The van der Waals surface area contributed by atoms with Gasteiger partial charge in [0.05, 0.1) is 5.60 Å². The maximum Gasteiger partial charge on any atom is 0.126 e. The van der Waals surface area contributed by atoms with Gasteiger partial charge in [0.1, 0.15) is 5.82 Å². The van der Waals surface area contributed by atoms with Gasteiger partial charge in [0, 0.05) is 10.9 Å². The Labute approximate surface area is 114 Å². The van der Waals surface area contributed by atoms with Crippen LogP contribution >= 0.6 is 15.9 Å². The molecule has 0 spiro atoms. The highest BCUT2D eigenvalue weighted by Crippen LogP contribution is 2.27. The first-order chi connectivity index (χ1) is 8.49. The van der Waals surface area contributed by atoms with Crippen molar-refractivity contribution < 1.29 is 9.50 Å². The largest absolute Gasteiger partial charge is 0.385 e. The molecule has 0 bridgehead atoms. The number of benzene rings is 2. The number of aliphatic hydroxyl groups is 1. The van der Waals surface area contributed by atoms with Gasteiger partial charge in [-0.15, -0.1) is 0 Å². The summed E-state index contributed by atoms with van der Waals surface area (Å²) in [4.78, 5) is 0. The third-order valence-corrected chi connectivity index (χ3v) is 3.43. The van der Waals surface area contributed by atoms with Gasteiger partial charge in [0.25, 0.3) is 0 Å². The Morgan fingerprint density at radius 2 is 1.83 bits per heavy atom. The average molecular weight is 309 g/mol. The first-order valence-electron chi connectivity index (χ1n) is 5.71. The highest BCUT2D eigenvalue weighted by molar-refractivity contribution is 9.10. The van der Waals surface area contributed by atoms with Gasteiger partial charge in [0.15, 0.2) is 0 Å². The van der Waals surface area contributed by atoms with Crippen LogP contribution in [0.15, 0.2) is 53.0 Å². The Kier molecular flexibility index (Phi) is 3.83. The van der Waals surface area contributed by atoms with E-state index in [2.05, 4.69) is 15.9 Å². The van der Waals surface area contributed by atoms with Gasteiger partial charge in [-0.2, -0.15) is 0 Å². The lowest BCUT2D eigenvalue weighted by Gasteiger charge is -2.24. The molecule has 3 heteroatoms. The van der Waals surface area contributed by atoms with Crippen LogP contribution in [0.2, 0.25) is 0 Å². The summed E-state index contributed by atoms with van der Waals surface area (Å²) in [5.41, 5.74) is 0.200. The molecule has 1 atom stereocenters. The molecule has 94 valence electrons. The molecular weight excluding hydrogens is 295 g/mol. The lowest BCUT2D eigenvalue weighted by Crippen LogP contribution is -2.24. The zero-order chi connectivity index (χ0) is 13.2. The minimum atomic E-state index is -1.08. The van der Waals surface area contributed by atoms with Crippen molar-refractivity contribution in [3.8, 4) is 0 Å². The molecule has 1 nitrogen and oxygen atoms in total. The van der Waals surface area contributed by atoms with Gasteiger partial charge in [-0.25, -0.2) is 4.39 Å². The normalized spacial score (nSPS) is 14.2. The highest BCUT2D eigenvalue weighted by Gasteiger charge is 2.24. The molecule has 18 heavy (non-hydrogen) atoms. The summed E-state index contributed by atoms with van der Waals surface area (Å²) < 4.78 is 14.5. The fourth-order valence-corrected chi connectivity index (χ4v) is 2.36. The van der Waals surface area contributed by atoms with Gasteiger partial charge >= 0.3 is 0 Å². The van der Waals surface area contributed by atoms with Crippen LogP contribution in [-0.2, 0) is 12.0 Å². The quantitative estimate of drug-likeness (QED) is 0.907. The number of hydrogen-bond donors (Lipinski definition) is 1. The molecule has 0 aliphatic heterocycles. The summed E-state index contributed by atoms with van der Waals surface area (Å²) >= 11 is 3.31. The van der Waals surface area contributed by atoms with Crippen molar-refractivity contribution in [1.29, 1.82) is 0 Å². The van der Waals surface area contributed by atoms with Crippen molar-refractivity contribution in [2.75, 3.05) is 0 Å². The monoisotopic (exact) mass is 308 g/mol. The van der Waals surface area contributed by atoms with E-state index >= 15 is 0 Å². The third-order valence-electron chi connectivity index (χ3n) is 2.94. The molecule has 0 fully saturated rings. The fourth-order valence-electron chi connectivity index (χ4n) is 1.95. The molecule has 2 aromatic carbocycles. The molecule has 0 aliphatic carbocycles. The van der Waals surface area contributed by atoms with Gasteiger partial charge in [-0.05, 0) is 36.2 Å². The van der Waals surface area contributed by atoms with Crippen molar-refractivity contribution in [2.45, 2.75) is 18.9 Å². The van der Waals surface area contributed by atoms with E-state index in [0.717, 1.165) is 10.0 Å². The van der Waals surface area contributed by atoms with E-state index in [9.17, 15) is 9.50 Å². The smallest absolute Gasteiger partial charge is 0.126 e. The molecular formula is C15H14BrFO. The minimum Gasteiger partial charge on any atom is -0.385 e. The van der Waals surface area contributed by atoms with Crippen molar-refractivity contribution >= 4 is 15.9 Å². The standard InChI is InChI=1S/C15H14BrFO/c1-15(18,12-5-3-2-4-6-12)10-11-9-13(16)7-8-14(11)17/h2-9,18H,10H2,1H3. The van der Waals surface area contributed by atoms with Crippen LogP contribution in [0.3, 0.4) is 0 Å². The second kappa shape index (κ2) is 5.21. The zero-order valence-electron chi connectivity index (χ0n) is 10.0. The molecule has 1 unspecified atom stereocenters. The Bertz CT molecular complexity index is 537. The van der Waals surface area contributed by atoms with Crippen LogP contribution < -0.4 is 0 Å². The summed E-state index contributed by atoms with van der Waals surface area (Å²) in [6.45, 7) is 1.70. The Balaban J connectivity index is 2.30.